The lowest BCUT2D eigenvalue weighted by atomic mass is 10.1. The Labute approximate surface area is 145 Å². The normalized spacial score (nSPS) is 17.8. The average Bonchev–Trinajstić information content (AvgIpc) is 2.77. The lowest BCUT2D eigenvalue weighted by Crippen LogP contribution is -2.43. The van der Waals surface area contributed by atoms with E-state index in [2.05, 4.69) is 0 Å². The van der Waals surface area contributed by atoms with Crippen molar-refractivity contribution in [3.63, 3.8) is 0 Å². The van der Waals surface area contributed by atoms with Gasteiger partial charge in [0.15, 0.2) is 0 Å². The van der Waals surface area contributed by atoms with Gasteiger partial charge in [0.2, 0.25) is 0 Å². The number of aryl methyl sites for hydroxylation is 1. The maximum Gasteiger partial charge on any atom is 0.326 e. The van der Waals surface area contributed by atoms with Gasteiger partial charge in [0.25, 0.3) is 5.91 Å². The second kappa shape index (κ2) is 7.75. The molecule has 0 aliphatic carbocycles. The van der Waals surface area contributed by atoms with Gasteiger partial charge in [-0.3, -0.25) is 9.69 Å². The van der Waals surface area contributed by atoms with E-state index in [0.717, 1.165) is 24.0 Å². The maximum atomic E-state index is 12.6. The molecule has 0 radical (unpaired) electrons. The first kappa shape index (κ1) is 17.7. The molecule has 1 saturated heterocycles. The lowest BCUT2D eigenvalue weighted by Gasteiger charge is -2.22. The van der Waals surface area contributed by atoms with Crippen LogP contribution in [0.3, 0.4) is 0 Å². The van der Waals surface area contributed by atoms with Crippen LogP contribution >= 0.6 is 24.0 Å². The van der Waals surface area contributed by atoms with Gasteiger partial charge in [-0.15, -0.1) is 0 Å². The summed E-state index contributed by atoms with van der Waals surface area (Å²) in [6.07, 6.45) is 3.79. The molecule has 23 heavy (non-hydrogen) atoms. The van der Waals surface area contributed by atoms with Crippen molar-refractivity contribution in [2.45, 2.75) is 39.2 Å². The number of thioether (sulfide) groups is 1. The molecule has 1 heterocycles. The minimum Gasteiger partial charge on any atom is -0.480 e. The number of nitrogens with zero attached hydrogens (tertiary/aromatic N) is 1. The second-order valence-corrected chi connectivity index (χ2v) is 7.13. The number of hydrogen-bond acceptors (Lipinski definition) is 4. The fraction of sp³-hybridized carbons (Fsp3) is 0.353. The fourth-order valence-corrected chi connectivity index (χ4v) is 3.68. The number of aliphatic carboxylic acids is 1. The Morgan fingerprint density at radius 2 is 2.04 bits per heavy atom. The lowest BCUT2D eigenvalue weighted by molar-refractivity contribution is -0.145. The Bertz CT molecular complexity index is 652. The van der Waals surface area contributed by atoms with Crippen LogP contribution in [0.1, 0.15) is 37.3 Å². The molecule has 0 bridgehead atoms. The van der Waals surface area contributed by atoms with Crippen molar-refractivity contribution in [3.05, 3.63) is 40.3 Å². The molecular weight excluding hydrogens is 330 g/mol. The van der Waals surface area contributed by atoms with Crippen molar-refractivity contribution in [3.8, 4) is 0 Å². The topological polar surface area (TPSA) is 57.6 Å². The highest BCUT2D eigenvalue weighted by Crippen LogP contribution is 2.35. The highest BCUT2D eigenvalue weighted by molar-refractivity contribution is 8.26. The minimum atomic E-state index is -1.01. The van der Waals surface area contributed by atoms with Gasteiger partial charge in [0.1, 0.15) is 10.4 Å². The number of carbonyl (C=O) groups excluding carboxylic acids is 1. The average molecular weight is 349 g/mol. The highest BCUT2D eigenvalue weighted by Gasteiger charge is 2.40. The zero-order valence-electron chi connectivity index (χ0n) is 13.1. The zero-order chi connectivity index (χ0) is 17.0. The third kappa shape index (κ3) is 4.20. The SMILES string of the molecule is CCCCC(C(=O)O)N1C(=O)/C(=C/c2ccc(C)cc2)SC1=S. The van der Waals surface area contributed by atoms with Crippen LogP contribution in [0, 0.1) is 6.92 Å². The van der Waals surface area contributed by atoms with E-state index < -0.39 is 12.0 Å². The molecule has 1 N–H and O–H groups in total. The van der Waals surface area contributed by atoms with E-state index in [1.54, 1.807) is 6.08 Å². The van der Waals surface area contributed by atoms with Gasteiger partial charge in [-0.05, 0) is 25.0 Å². The molecule has 0 saturated carbocycles. The van der Waals surface area contributed by atoms with E-state index in [-0.39, 0.29) is 5.91 Å². The number of hydrogen-bond donors (Lipinski definition) is 1. The summed E-state index contributed by atoms with van der Waals surface area (Å²) in [4.78, 5) is 25.8. The Morgan fingerprint density at radius 3 is 2.61 bits per heavy atom. The van der Waals surface area contributed by atoms with E-state index in [9.17, 15) is 14.7 Å². The molecule has 122 valence electrons. The summed E-state index contributed by atoms with van der Waals surface area (Å²) >= 11 is 6.41. The maximum absolute atomic E-state index is 12.6. The van der Waals surface area contributed by atoms with Crippen LogP contribution in [0.15, 0.2) is 29.2 Å². The van der Waals surface area contributed by atoms with E-state index in [1.165, 1.54) is 16.7 Å². The second-order valence-electron chi connectivity index (χ2n) is 5.46. The number of carbonyl (C=O) groups is 2. The zero-order valence-corrected chi connectivity index (χ0v) is 14.7. The molecule has 0 spiro atoms. The van der Waals surface area contributed by atoms with Gasteiger partial charge in [0, 0.05) is 0 Å². The number of rotatable bonds is 6. The molecule has 0 aromatic heterocycles. The van der Waals surface area contributed by atoms with Gasteiger partial charge < -0.3 is 5.11 Å². The molecule has 1 amide bonds. The third-order valence-corrected chi connectivity index (χ3v) is 4.96. The first-order valence-electron chi connectivity index (χ1n) is 7.50. The van der Waals surface area contributed by atoms with Crippen molar-refractivity contribution in [2.24, 2.45) is 0 Å². The third-order valence-electron chi connectivity index (χ3n) is 3.63. The van der Waals surface area contributed by atoms with Gasteiger partial charge >= 0.3 is 5.97 Å². The number of carboxylic acid groups (broad SMARTS) is 1. The summed E-state index contributed by atoms with van der Waals surface area (Å²) in [7, 11) is 0. The van der Waals surface area contributed by atoms with Crippen LogP contribution in [0.4, 0.5) is 0 Å². The summed E-state index contributed by atoms with van der Waals surface area (Å²) in [5.74, 6) is -1.32. The standard InChI is InChI=1S/C17H19NO3S2/c1-3-4-5-13(16(20)21)18-15(19)14(23-17(18)22)10-12-8-6-11(2)7-9-12/h6-10,13H,3-5H2,1-2H3,(H,20,21)/b14-10-. The van der Waals surface area contributed by atoms with Gasteiger partial charge in [-0.1, -0.05) is 73.6 Å². The Morgan fingerprint density at radius 1 is 1.39 bits per heavy atom. The molecule has 1 atom stereocenters. The largest absolute Gasteiger partial charge is 0.480 e. The van der Waals surface area contributed by atoms with Crippen LogP contribution in [0.2, 0.25) is 0 Å². The first-order valence-corrected chi connectivity index (χ1v) is 8.73. The summed E-state index contributed by atoms with van der Waals surface area (Å²) in [5, 5.41) is 9.42. The summed E-state index contributed by atoms with van der Waals surface area (Å²) in [6, 6.07) is 6.90. The van der Waals surface area contributed by atoms with Gasteiger partial charge in [-0.25, -0.2) is 4.79 Å². The molecule has 1 aliphatic heterocycles. The van der Waals surface area contributed by atoms with E-state index >= 15 is 0 Å². The molecule has 1 fully saturated rings. The number of benzene rings is 1. The summed E-state index contributed by atoms with van der Waals surface area (Å²) in [6.45, 7) is 3.98. The van der Waals surface area contributed by atoms with Crippen LogP contribution in [-0.2, 0) is 9.59 Å². The van der Waals surface area contributed by atoms with Gasteiger partial charge in [0.05, 0.1) is 4.91 Å². The van der Waals surface area contributed by atoms with Crippen molar-refractivity contribution in [1.29, 1.82) is 0 Å². The predicted octanol–water partition coefficient (Wildman–Crippen LogP) is 3.84. The van der Waals surface area contributed by atoms with Crippen molar-refractivity contribution < 1.29 is 14.7 Å². The Balaban J connectivity index is 2.24. The van der Waals surface area contributed by atoms with Crippen LogP contribution in [0.25, 0.3) is 6.08 Å². The molecular formula is C17H19NO3S2. The number of thiocarbonyl (C=S) groups is 1. The number of carboxylic acids is 1. The fourth-order valence-electron chi connectivity index (χ4n) is 2.32. The van der Waals surface area contributed by atoms with Gasteiger partial charge in [-0.2, -0.15) is 0 Å². The molecule has 1 aliphatic rings. The van der Waals surface area contributed by atoms with Crippen molar-refractivity contribution in [1.82, 2.24) is 4.90 Å². The molecule has 4 nitrogen and oxygen atoms in total. The van der Waals surface area contributed by atoms with Crippen LogP contribution in [0.5, 0.6) is 0 Å². The molecule has 6 heteroatoms. The summed E-state index contributed by atoms with van der Waals surface area (Å²) < 4.78 is 0.317. The van der Waals surface area contributed by atoms with E-state index in [0.29, 0.717) is 15.6 Å². The summed E-state index contributed by atoms with van der Waals surface area (Å²) in [5.41, 5.74) is 2.04. The number of unbranched alkanes of at least 4 members (excludes halogenated alkanes) is 1. The Hall–Kier alpha value is -1.66. The smallest absolute Gasteiger partial charge is 0.326 e. The first-order chi connectivity index (χ1) is 10.9. The van der Waals surface area contributed by atoms with E-state index in [1.807, 2.05) is 38.1 Å². The monoisotopic (exact) mass is 349 g/mol. The molecule has 1 unspecified atom stereocenters. The Kier molecular flexibility index (Phi) is 5.96. The van der Waals surface area contributed by atoms with E-state index in [4.69, 9.17) is 12.2 Å². The van der Waals surface area contributed by atoms with Crippen LogP contribution in [-0.4, -0.2) is 32.2 Å². The van der Waals surface area contributed by atoms with Crippen molar-refractivity contribution >= 4 is 46.3 Å². The quantitative estimate of drug-likeness (QED) is 0.625. The number of amides is 1. The molecule has 1 aromatic carbocycles. The minimum absolute atomic E-state index is 0.316. The van der Waals surface area contributed by atoms with Crippen LogP contribution < -0.4 is 0 Å². The molecule has 1 aromatic rings. The predicted molar refractivity (Wildman–Crippen MR) is 97.1 cm³/mol. The molecule has 2 rings (SSSR count). The highest BCUT2D eigenvalue weighted by atomic mass is 32.2. The van der Waals surface area contributed by atoms with Crippen molar-refractivity contribution in [2.75, 3.05) is 0 Å².